The molecule has 0 spiro atoms. The van der Waals surface area contributed by atoms with Gasteiger partial charge < -0.3 is 5.32 Å². The fourth-order valence-electron chi connectivity index (χ4n) is 4.47. The van der Waals surface area contributed by atoms with Crippen LogP contribution in [0.15, 0.2) is 53.4 Å². The molecule has 1 aliphatic carbocycles. The van der Waals surface area contributed by atoms with E-state index in [-0.39, 0.29) is 27.7 Å². The molecule has 1 amide bonds. The number of anilines is 1. The minimum atomic E-state index is -3.80. The SMILES string of the molecule is O=C(N[C@@H]1CCS(=O)(=O)C1)c1cccc(NS(=O)(=O)c2ccc(C3CCCCC3)cc2)c1. The highest BCUT2D eigenvalue weighted by molar-refractivity contribution is 7.92. The molecule has 1 heterocycles. The molecule has 0 aromatic heterocycles. The highest BCUT2D eigenvalue weighted by Gasteiger charge is 2.29. The number of carbonyl (C=O) groups is 1. The van der Waals surface area contributed by atoms with Crippen molar-refractivity contribution in [2.45, 2.75) is 55.4 Å². The number of nitrogens with one attached hydrogen (secondary N) is 2. The first kappa shape index (κ1) is 22.8. The molecule has 1 saturated heterocycles. The molecule has 0 bridgehead atoms. The molecule has 2 fully saturated rings. The average molecular weight is 477 g/mol. The van der Waals surface area contributed by atoms with Gasteiger partial charge in [0.25, 0.3) is 15.9 Å². The molecule has 2 aromatic carbocycles. The van der Waals surface area contributed by atoms with E-state index in [2.05, 4.69) is 10.0 Å². The zero-order valence-electron chi connectivity index (χ0n) is 17.8. The van der Waals surface area contributed by atoms with Crippen LogP contribution in [0.3, 0.4) is 0 Å². The molecular formula is C23H28N2O5S2. The summed E-state index contributed by atoms with van der Waals surface area (Å²) in [5.74, 6) is 0.0719. The third kappa shape index (κ3) is 5.50. The molecule has 4 rings (SSSR count). The van der Waals surface area contributed by atoms with Crippen molar-refractivity contribution in [3.05, 3.63) is 59.7 Å². The minimum absolute atomic E-state index is 0.0668. The molecule has 2 aromatic rings. The first-order chi connectivity index (χ1) is 15.2. The van der Waals surface area contributed by atoms with Crippen molar-refractivity contribution >= 4 is 31.5 Å². The van der Waals surface area contributed by atoms with Crippen LogP contribution in [0.1, 0.15) is 60.4 Å². The van der Waals surface area contributed by atoms with Gasteiger partial charge in [-0.2, -0.15) is 0 Å². The summed E-state index contributed by atoms with van der Waals surface area (Å²) in [6.07, 6.45) is 6.37. The Balaban J connectivity index is 1.43. The molecule has 0 radical (unpaired) electrons. The van der Waals surface area contributed by atoms with E-state index in [4.69, 9.17) is 0 Å². The molecule has 1 saturated carbocycles. The van der Waals surface area contributed by atoms with Crippen LogP contribution in [0.25, 0.3) is 0 Å². The summed E-state index contributed by atoms with van der Waals surface area (Å²) in [6, 6.07) is 12.8. The van der Waals surface area contributed by atoms with Gasteiger partial charge in [0.1, 0.15) is 0 Å². The Morgan fingerprint density at radius 3 is 2.31 bits per heavy atom. The van der Waals surface area contributed by atoms with Crippen LogP contribution in [-0.2, 0) is 19.9 Å². The maximum Gasteiger partial charge on any atom is 0.261 e. The second kappa shape index (κ2) is 9.23. The standard InChI is InChI=1S/C23H28N2O5S2/c26-23(24-21-13-14-31(27,28)16-21)19-7-4-8-20(15-19)25-32(29,30)22-11-9-18(10-12-22)17-5-2-1-3-6-17/h4,7-12,15,17,21,25H,1-3,5-6,13-14,16H2,(H,24,26)/t21-/m1/s1. The summed E-state index contributed by atoms with van der Waals surface area (Å²) < 4.78 is 51.4. The van der Waals surface area contributed by atoms with Crippen molar-refractivity contribution in [2.75, 3.05) is 16.2 Å². The maximum absolute atomic E-state index is 12.8. The third-order valence-corrected chi connectivity index (χ3v) is 9.38. The fourth-order valence-corrected chi connectivity index (χ4v) is 7.19. The molecule has 2 aliphatic rings. The quantitative estimate of drug-likeness (QED) is 0.664. The van der Waals surface area contributed by atoms with Gasteiger partial charge in [-0.15, -0.1) is 0 Å². The van der Waals surface area contributed by atoms with E-state index >= 15 is 0 Å². The predicted octanol–water partition coefficient (Wildman–Crippen LogP) is 3.45. The lowest BCUT2D eigenvalue weighted by atomic mass is 9.84. The number of rotatable bonds is 6. The zero-order valence-corrected chi connectivity index (χ0v) is 19.4. The van der Waals surface area contributed by atoms with Crippen molar-refractivity contribution in [1.82, 2.24) is 5.32 Å². The van der Waals surface area contributed by atoms with Crippen LogP contribution < -0.4 is 10.0 Å². The number of hydrogen-bond donors (Lipinski definition) is 2. The minimum Gasteiger partial charge on any atom is -0.348 e. The highest BCUT2D eigenvalue weighted by Crippen LogP contribution is 2.33. The second-order valence-electron chi connectivity index (χ2n) is 8.66. The molecule has 172 valence electrons. The van der Waals surface area contributed by atoms with Gasteiger partial charge in [-0.05, 0) is 61.1 Å². The van der Waals surface area contributed by atoms with Gasteiger partial charge in [0.15, 0.2) is 9.84 Å². The average Bonchev–Trinajstić information content (AvgIpc) is 3.12. The van der Waals surface area contributed by atoms with E-state index in [1.165, 1.54) is 30.9 Å². The van der Waals surface area contributed by atoms with Crippen molar-refractivity contribution in [1.29, 1.82) is 0 Å². The molecular weight excluding hydrogens is 448 g/mol. The number of benzene rings is 2. The molecule has 1 aliphatic heterocycles. The van der Waals surface area contributed by atoms with Crippen LogP contribution in [-0.4, -0.2) is 40.3 Å². The van der Waals surface area contributed by atoms with Crippen LogP contribution in [0.4, 0.5) is 5.69 Å². The fraction of sp³-hybridized carbons (Fsp3) is 0.435. The molecule has 1 atom stereocenters. The Morgan fingerprint density at radius 2 is 1.66 bits per heavy atom. The van der Waals surface area contributed by atoms with E-state index < -0.39 is 31.8 Å². The smallest absolute Gasteiger partial charge is 0.261 e. The number of sulfonamides is 1. The number of hydrogen-bond acceptors (Lipinski definition) is 5. The summed E-state index contributed by atoms with van der Waals surface area (Å²) in [5.41, 5.74) is 1.71. The largest absolute Gasteiger partial charge is 0.348 e. The van der Waals surface area contributed by atoms with Crippen LogP contribution >= 0.6 is 0 Å². The lowest BCUT2D eigenvalue weighted by Crippen LogP contribution is -2.35. The Morgan fingerprint density at radius 1 is 0.938 bits per heavy atom. The second-order valence-corrected chi connectivity index (χ2v) is 12.6. The zero-order chi connectivity index (χ0) is 22.8. The van der Waals surface area contributed by atoms with Crippen LogP contribution in [0, 0.1) is 0 Å². The van der Waals surface area contributed by atoms with Gasteiger partial charge in [0.2, 0.25) is 0 Å². The van der Waals surface area contributed by atoms with Gasteiger partial charge >= 0.3 is 0 Å². The summed E-state index contributed by atoms with van der Waals surface area (Å²) in [6.45, 7) is 0. The van der Waals surface area contributed by atoms with Crippen molar-refractivity contribution < 1.29 is 21.6 Å². The van der Waals surface area contributed by atoms with Gasteiger partial charge in [-0.1, -0.05) is 37.5 Å². The lowest BCUT2D eigenvalue weighted by Gasteiger charge is -2.22. The van der Waals surface area contributed by atoms with Gasteiger partial charge in [-0.25, -0.2) is 16.8 Å². The summed E-state index contributed by atoms with van der Waals surface area (Å²) in [7, 11) is -6.91. The Hall–Kier alpha value is -2.39. The monoisotopic (exact) mass is 476 g/mol. The highest BCUT2D eigenvalue weighted by atomic mass is 32.2. The van der Waals surface area contributed by atoms with E-state index in [1.54, 1.807) is 30.3 Å². The molecule has 9 heteroatoms. The Kier molecular flexibility index (Phi) is 6.57. The first-order valence-electron chi connectivity index (χ1n) is 11.0. The third-order valence-electron chi connectivity index (χ3n) is 6.21. The van der Waals surface area contributed by atoms with Crippen LogP contribution in [0.5, 0.6) is 0 Å². The summed E-state index contributed by atoms with van der Waals surface area (Å²) >= 11 is 0. The molecule has 2 N–H and O–H groups in total. The van der Waals surface area contributed by atoms with Gasteiger partial charge in [0.05, 0.1) is 16.4 Å². The Bertz CT molecular complexity index is 1190. The van der Waals surface area contributed by atoms with E-state index in [0.717, 1.165) is 12.8 Å². The van der Waals surface area contributed by atoms with Crippen molar-refractivity contribution in [3.63, 3.8) is 0 Å². The molecule has 0 unspecified atom stereocenters. The van der Waals surface area contributed by atoms with Crippen LogP contribution in [0.2, 0.25) is 0 Å². The van der Waals surface area contributed by atoms with E-state index in [9.17, 15) is 21.6 Å². The number of carbonyl (C=O) groups excluding carboxylic acids is 1. The summed E-state index contributed by atoms with van der Waals surface area (Å²) in [5, 5.41) is 2.71. The lowest BCUT2D eigenvalue weighted by molar-refractivity contribution is 0.0941. The predicted molar refractivity (Wildman–Crippen MR) is 124 cm³/mol. The molecule has 7 nitrogen and oxygen atoms in total. The normalized spacial score (nSPS) is 21.2. The van der Waals surface area contributed by atoms with Crippen molar-refractivity contribution in [2.24, 2.45) is 0 Å². The Labute approximate surface area is 189 Å². The topological polar surface area (TPSA) is 109 Å². The number of sulfone groups is 1. The van der Waals surface area contributed by atoms with Crippen molar-refractivity contribution in [3.8, 4) is 0 Å². The summed E-state index contributed by atoms with van der Waals surface area (Å²) in [4.78, 5) is 12.7. The maximum atomic E-state index is 12.8. The number of amides is 1. The molecule has 32 heavy (non-hydrogen) atoms. The first-order valence-corrected chi connectivity index (χ1v) is 14.3. The van der Waals surface area contributed by atoms with Gasteiger partial charge in [-0.3, -0.25) is 9.52 Å². The van der Waals surface area contributed by atoms with Gasteiger partial charge in [0, 0.05) is 17.3 Å². The van der Waals surface area contributed by atoms with E-state index in [0.29, 0.717) is 12.3 Å². The van der Waals surface area contributed by atoms with E-state index in [1.807, 2.05) is 12.1 Å².